The van der Waals surface area contributed by atoms with Crippen molar-refractivity contribution in [2.75, 3.05) is 30.8 Å². The zero-order valence-electron chi connectivity index (χ0n) is 14.1. The second-order valence-corrected chi connectivity index (χ2v) is 8.99. The van der Waals surface area contributed by atoms with E-state index in [2.05, 4.69) is 45.4 Å². The monoisotopic (exact) mass is 366 g/mol. The topological polar surface area (TPSA) is 66.4 Å². The molecule has 0 amide bonds. The normalized spacial score (nSPS) is 19.6. The first-order chi connectivity index (χ1) is 11.3. The minimum atomic E-state index is -3.15. The first-order valence-electron chi connectivity index (χ1n) is 7.93. The third kappa shape index (κ3) is 3.93. The van der Waals surface area contributed by atoms with Crippen molar-refractivity contribution in [1.82, 2.24) is 13.7 Å². The number of hydrogen-bond acceptors (Lipinski definition) is 6. The predicted molar refractivity (Wildman–Crippen MR) is 97.1 cm³/mol. The number of piperazine rings is 1. The van der Waals surface area contributed by atoms with Crippen LogP contribution in [-0.4, -0.2) is 54.0 Å². The molecule has 0 aliphatic carbocycles. The molecule has 2 aromatic rings. The van der Waals surface area contributed by atoms with Crippen molar-refractivity contribution in [2.24, 2.45) is 0 Å². The summed E-state index contributed by atoms with van der Waals surface area (Å²) in [5.74, 6) is 0.817. The lowest BCUT2D eigenvalue weighted by atomic mass is 10.1. The lowest BCUT2D eigenvalue weighted by Gasteiger charge is -2.37. The standard InChI is InChI=1S/C16H22N4O2S2/c1-12-4-6-14(7-5-12)10-15-17-16(23-18-15)19-8-9-20(13(2)11-19)24(3,21)22/h4-7,13H,8-11H2,1-3H3. The first kappa shape index (κ1) is 17.3. The Balaban J connectivity index is 1.67. The Kier molecular flexibility index (Phi) is 4.89. The van der Waals surface area contributed by atoms with E-state index in [9.17, 15) is 8.42 Å². The summed E-state index contributed by atoms with van der Waals surface area (Å²) in [5.41, 5.74) is 2.43. The Morgan fingerprint density at radius 3 is 2.58 bits per heavy atom. The van der Waals surface area contributed by atoms with E-state index in [4.69, 9.17) is 0 Å². The summed E-state index contributed by atoms with van der Waals surface area (Å²) in [5, 5.41) is 0.872. The molecule has 1 unspecified atom stereocenters. The van der Waals surface area contributed by atoms with Gasteiger partial charge in [-0.25, -0.2) is 13.4 Å². The summed E-state index contributed by atoms with van der Waals surface area (Å²) >= 11 is 1.39. The Hall–Kier alpha value is -1.51. The minimum absolute atomic E-state index is 0.0572. The second kappa shape index (κ2) is 6.78. The minimum Gasteiger partial charge on any atom is -0.344 e. The van der Waals surface area contributed by atoms with Gasteiger partial charge in [0.2, 0.25) is 15.2 Å². The summed E-state index contributed by atoms with van der Waals surface area (Å²) < 4.78 is 29.5. The van der Waals surface area contributed by atoms with Crippen LogP contribution in [0.1, 0.15) is 23.9 Å². The van der Waals surface area contributed by atoms with E-state index in [0.29, 0.717) is 19.6 Å². The van der Waals surface area contributed by atoms with Gasteiger partial charge < -0.3 is 4.90 Å². The summed E-state index contributed by atoms with van der Waals surface area (Å²) in [4.78, 5) is 6.77. The van der Waals surface area contributed by atoms with Crippen molar-refractivity contribution in [3.8, 4) is 0 Å². The zero-order valence-corrected chi connectivity index (χ0v) is 15.8. The summed E-state index contributed by atoms with van der Waals surface area (Å²) in [7, 11) is -3.15. The maximum absolute atomic E-state index is 11.8. The number of hydrogen-bond donors (Lipinski definition) is 0. The van der Waals surface area contributed by atoms with Crippen molar-refractivity contribution < 1.29 is 8.42 Å². The van der Waals surface area contributed by atoms with Gasteiger partial charge in [0, 0.05) is 43.6 Å². The molecule has 24 heavy (non-hydrogen) atoms. The van der Waals surface area contributed by atoms with Crippen LogP contribution in [0.25, 0.3) is 0 Å². The molecule has 3 rings (SSSR count). The SMILES string of the molecule is Cc1ccc(Cc2nsc(N3CCN(S(C)(=O)=O)C(C)C3)n2)cc1. The van der Waals surface area contributed by atoms with Crippen molar-refractivity contribution in [1.29, 1.82) is 0 Å². The van der Waals surface area contributed by atoms with E-state index >= 15 is 0 Å². The quantitative estimate of drug-likeness (QED) is 0.827. The molecule has 1 fully saturated rings. The van der Waals surface area contributed by atoms with Gasteiger partial charge >= 0.3 is 0 Å². The van der Waals surface area contributed by atoms with Crippen molar-refractivity contribution in [3.63, 3.8) is 0 Å². The largest absolute Gasteiger partial charge is 0.344 e. The van der Waals surface area contributed by atoms with E-state index in [1.807, 2.05) is 6.92 Å². The van der Waals surface area contributed by atoms with E-state index < -0.39 is 10.0 Å². The van der Waals surface area contributed by atoms with Gasteiger partial charge in [0.15, 0.2) is 0 Å². The van der Waals surface area contributed by atoms with Crippen molar-refractivity contribution in [3.05, 3.63) is 41.2 Å². The van der Waals surface area contributed by atoms with E-state index in [0.717, 1.165) is 17.4 Å². The third-order valence-electron chi connectivity index (χ3n) is 4.20. The van der Waals surface area contributed by atoms with Crippen LogP contribution in [0.15, 0.2) is 24.3 Å². The van der Waals surface area contributed by atoms with E-state index in [1.165, 1.54) is 28.9 Å². The van der Waals surface area contributed by atoms with Gasteiger partial charge in [0.1, 0.15) is 5.82 Å². The van der Waals surface area contributed by atoms with Gasteiger partial charge in [-0.3, -0.25) is 0 Å². The molecular formula is C16H22N4O2S2. The highest BCUT2D eigenvalue weighted by molar-refractivity contribution is 7.88. The fourth-order valence-corrected chi connectivity index (χ4v) is 4.79. The third-order valence-corrected chi connectivity index (χ3v) is 6.41. The molecular weight excluding hydrogens is 344 g/mol. The van der Waals surface area contributed by atoms with Crippen LogP contribution in [0.5, 0.6) is 0 Å². The van der Waals surface area contributed by atoms with Crippen LogP contribution >= 0.6 is 11.5 Å². The number of rotatable bonds is 4. The Morgan fingerprint density at radius 1 is 1.25 bits per heavy atom. The molecule has 1 aliphatic heterocycles. The number of nitrogens with zero attached hydrogens (tertiary/aromatic N) is 4. The number of benzene rings is 1. The van der Waals surface area contributed by atoms with Crippen molar-refractivity contribution >= 4 is 26.7 Å². The predicted octanol–water partition coefficient (Wildman–Crippen LogP) is 1.91. The van der Waals surface area contributed by atoms with Gasteiger partial charge in [0.05, 0.1) is 6.26 Å². The molecule has 1 saturated heterocycles. The molecule has 130 valence electrons. The smallest absolute Gasteiger partial charge is 0.211 e. The van der Waals surface area contributed by atoms with Gasteiger partial charge in [-0.1, -0.05) is 29.8 Å². The fraction of sp³-hybridized carbons (Fsp3) is 0.500. The molecule has 8 heteroatoms. The lowest BCUT2D eigenvalue weighted by Crippen LogP contribution is -2.53. The fourth-order valence-electron chi connectivity index (χ4n) is 2.94. The summed E-state index contributed by atoms with van der Waals surface area (Å²) in [6.45, 7) is 5.79. The molecule has 0 bridgehead atoms. The maximum Gasteiger partial charge on any atom is 0.211 e. The van der Waals surface area contributed by atoms with Crippen molar-refractivity contribution in [2.45, 2.75) is 26.3 Å². The molecule has 2 heterocycles. The van der Waals surface area contributed by atoms with Crippen LogP contribution in [0.4, 0.5) is 5.13 Å². The molecule has 1 aromatic carbocycles. The molecule has 6 nitrogen and oxygen atoms in total. The average Bonchev–Trinajstić information content (AvgIpc) is 2.97. The summed E-state index contributed by atoms with van der Waals surface area (Å²) in [6.07, 6.45) is 1.99. The van der Waals surface area contributed by atoms with Gasteiger partial charge in [-0.15, -0.1) is 0 Å². The highest BCUT2D eigenvalue weighted by Crippen LogP contribution is 2.23. The summed E-state index contributed by atoms with van der Waals surface area (Å²) in [6, 6.07) is 8.33. The molecule has 1 aromatic heterocycles. The molecule has 0 N–H and O–H groups in total. The number of sulfonamides is 1. The highest BCUT2D eigenvalue weighted by Gasteiger charge is 2.31. The van der Waals surface area contributed by atoms with E-state index in [-0.39, 0.29) is 6.04 Å². The van der Waals surface area contributed by atoms with Gasteiger partial charge in [-0.2, -0.15) is 8.68 Å². The lowest BCUT2D eigenvalue weighted by molar-refractivity contribution is 0.309. The Bertz CT molecular complexity index is 802. The number of aryl methyl sites for hydroxylation is 1. The molecule has 0 saturated carbocycles. The van der Waals surface area contributed by atoms with E-state index in [1.54, 1.807) is 4.31 Å². The molecule has 1 aliphatic rings. The maximum atomic E-state index is 11.8. The average molecular weight is 367 g/mol. The van der Waals surface area contributed by atoms with Crippen LogP contribution in [0.2, 0.25) is 0 Å². The van der Waals surface area contributed by atoms with Gasteiger partial charge in [-0.05, 0) is 19.4 Å². The second-order valence-electron chi connectivity index (χ2n) is 6.32. The number of anilines is 1. The number of aromatic nitrogens is 2. The van der Waals surface area contributed by atoms with Crippen LogP contribution in [0.3, 0.4) is 0 Å². The van der Waals surface area contributed by atoms with Gasteiger partial charge in [0.25, 0.3) is 0 Å². The zero-order chi connectivity index (χ0) is 17.3. The van der Waals surface area contributed by atoms with Crippen LogP contribution in [-0.2, 0) is 16.4 Å². The Labute approximate surface area is 147 Å². The molecule has 1 atom stereocenters. The molecule has 0 spiro atoms. The van der Waals surface area contributed by atoms with Crippen LogP contribution < -0.4 is 4.90 Å². The molecule has 0 radical (unpaired) electrons. The Morgan fingerprint density at radius 2 is 1.96 bits per heavy atom. The van der Waals surface area contributed by atoms with Crippen LogP contribution in [0, 0.1) is 6.92 Å². The highest BCUT2D eigenvalue weighted by atomic mass is 32.2. The first-order valence-corrected chi connectivity index (χ1v) is 10.5.